The van der Waals surface area contributed by atoms with Crippen LogP contribution in [0.1, 0.15) is 5.56 Å². The predicted molar refractivity (Wildman–Crippen MR) is 127 cm³/mol. The van der Waals surface area contributed by atoms with E-state index in [1.54, 1.807) is 73.8 Å². The summed E-state index contributed by atoms with van der Waals surface area (Å²) in [7, 11) is -2.16. The minimum Gasteiger partial charge on any atom is -0.497 e. The molecular formula is C25H22N2O4S. The number of rotatable bonds is 7. The van der Waals surface area contributed by atoms with E-state index in [-0.39, 0.29) is 17.2 Å². The molecule has 0 saturated heterocycles. The first-order chi connectivity index (χ1) is 15.4. The fourth-order valence-electron chi connectivity index (χ4n) is 3.33. The Labute approximate surface area is 186 Å². The quantitative estimate of drug-likeness (QED) is 0.426. The zero-order chi connectivity index (χ0) is 22.6. The highest BCUT2D eigenvalue weighted by atomic mass is 32.2. The molecule has 4 rings (SSSR count). The van der Waals surface area contributed by atoms with Crippen LogP contribution < -0.4 is 14.8 Å². The maximum atomic E-state index is 12.8. The summed E-state index contributed by atoms with van der Waals surface area (Å²) in [5, 5.41) is 4.65. The number of ether oxygens (including phenoxy) is 1. The standard InChI is InChI=1S/C25H22N2O4S/c1-31-23-8-4-7-22(17-23)26-25(28)15-18-9-12-21(13-10-18)27-32(29,30)24-14-11-19-5-2-3-6-20(19)16-24/h2-14,16-17,27H,15H2,1H3,(H,26,28). The van der Waals surface area contributed by atoms with Crippen LogP contribution >= 0.6 is 0 Å². The number of sulfonamides is 1. The van der Waals surface area contributed by atoms with E-state index >= 15 is 0 Å². The van der Waals surface area contributed by atoms with Gasteiger partial charge >= 0.3 is 0 Å². The highest BCUT2D eigenvalue weighted by Gasteiger charge is 2.15. The van der Waals surface area contributed by atoms with Crippen LogP contribution in [0.4, 0.5) is 11.4 Å². The van der Waals surface area contributed by atoms with Crippen LogP contribution in [0, 0.1) is 0 Å². The third-order valence-electron chi connectivity index (χ3n) is 4.96. The second-order valence-corrected chi connectivity index (χ2v) is 8.95. The summed E-state index contributed by atoms with van der Waals surface area (Å²) < 4.78 is 33.3. The lowest BCUT2D eigenvalue weighted by atomic mass is 10.1. The zero-order valence-electron chi connectivity index (χ0n) is 17.4. The number of benzene rings is 4. The van der Waals surface area contributed by atoms with E-state index in [0.29, 0.717) is 17.1 Å². The molecular weight excluding hydrogens is 424 g/mol. The molecule has 0 spiro atoms. The van der Waals surface area contributed by atoms with E-state index in [4.69, 9.17) is 4.74 Å². The Hall–Kier alpha value is -3.84. The lowest BCUT2D eigenvalue weighted by molar-refractivity contribution is -0.115. The molecule has 0 aliphatic carbocycles. The zero-order valence-corrected chi connectivity index (χ0v) is 18.2. The van der Waals surface area contributed by atoms with Gasteiger partial charge < -0.3 is 10.1 Å². The first-order valence-electron chi connectivity index (χ1n) is 9.97. The fraction of sp³-hybridized carbons (Fsp3) is 0.0800. The van der Waals surface area contributed by atoms with Crippen LogP contribution in [-0.2, 0) is 21.2 Å². The van der Waals surface area contributed by atoms with Gasteiger partial charge in [0.2, 0.25) is 5.91 Å². The number of nitrogens with one attached hydrogen (secondary N) is 2. The van der Waals surface area contributed by atoms with E-state index in [2.05, 4.69) is 10.0 Å². The highest BCUT2D eigenvalue weighted by molar-refractivity contribution is 7.92. The molecule has 0 heterocycles. The highest BCUT2D eigenvalue weighted by Crippen LogP contribution is 2.22. The molecule has 4 aromatic carbocycles. The Morgan fingerprint density at radius 2 is 1.56 bits per heavy atom. The van der Waals surface area contributed by atoms with Crippen molar-refractivity contribution in [2.45, 2.75) is 11.3 Å². The number of carbonyl (C=O) groups excluding carboxylic acids is 1. The Balaban J connectivity index is 1.41. The number of hydrogen-bond acceptors (Lipinski definition) is 4. The van der Waals surface area contributed by atoms with Gasteiger partial charge in [-0.05, 0) is 52.7 Å². The van der Waals surface area contributed by atoms with Gasteiger partial charge in [0.25, 0.3) is 10.0 Å². The van der Waals surface area contributed by atoms with Crippen LogP contribution in [0.2, 0.25) is 0 Å². The van der Waals surface area contributed by atoms with Crippen molar-refractivity contribution in [2.24, 2.45) is 0 Å². The Morgan fingerprint density at radius 3 is 2.31 bits per heavy atom. The van der Waals surface area contributed by atoms with Crippen molar-refractivity contribution in [3.63, 3.8) is 0 Å². The normalized spacial score (nSPS) is 11.2. The summed E-state index contributed by atoms with van der Waals surface area (Å²) in [5.74, 6) is 0.480. The molecule has 32 heavy (non-hydrogen) atoms. The summed E-state index contributed by atoms with van der Waals surface area (Å²) in [5.41, 5.74) is 1.84. The van der Waals surface area contributed by atoms with Crippen molar-refractivity contribution < 1.29 is 17.9 Å². The molecule has 0 aromatic heterocycles. The molecule has 0 radical (unpaired) electrons. The van der Waals surface area contributed by atoms with Gasteiger partial charge in [0.05, 0.1) is 18.4 Å². The topological polar surface area (TPSA) is 84.5 Å². The summed E-state index contributed by atoms with van der Waals surface area (Å²) in [6.45, 7) is 0. The second-order valence-electron chi connectivity index (χ2n) is 7.27. The van der Waals surface area contributed by atoms with Gasteiger partial charge in [-0.25, -0.2) is 8.42 Å². The Bertz CT molecular complexity index is 1370. The molecule has 0 unspecified atom stereocenters. The van der Waals surface area contributed by atoms with Gasteiger partial charge in [0, 0.05) is 17.4 Å². The summed E-state index contributed by atoms with van der Waals surface area (Å²) >= 11 is 0. The van der Waals surface area contributed by atoms with Gasteiger partial charge in [-0.1, -0.05) is 48.5 Å². The Morgan fingerprint density at radius 1 is 0.812 bits per heavy atom. The van der Waals surface area contributed by atoms with Crippen molar-refractivity contribution >= 4 is 38.1 Å². The predicted octanol–water partition coefficient (Wildman–Crippen LogP) is 4.83. The van der Waals surface area contributed by atoms with Gasteiger partial charge in [0.15, 0.2) is 0 Å². The molecule has 0 atom stereocenters. The third kappa shape index (κ3) is 5.07. The van der Waals surface area contributed by atoms with Crippen molar-refractivity contribution in [1.82, 2.24) is 0 Å². The van der Waals surface area contributed by atoms with Crippen LogP contribution in [0.5, 0.6) is 5.75 Å². The number of amides is 1. The maximum absolute atomic E-state index is 12.8. The van der Waals surface area contributed by atoms with E-state index in [0.717, 1.165) is 16.3 Å². The van der Waals surface area contributed by atoms with Crippen molar-refractivity contribution in [3.05, 3.63) is 96.6 Å². The number of methoxy groups -OCH3 is 1. The SMILES string of the molecule is COc1cccc(NC(=O)Cc2ccc(NS(=O)(=O)c3ccc4ccccc4c3)cc2)c1. The summed E-state index contributed by atoms with van der Waals surface area (Å²) in [6.07, 6.45) is 0.162. The third-order valence-corrected chi connectivity index (χ3v) is 6.33. The van der Waals surface area contributed by atoms with Crippen LogP contribution in [-0.4, -0.2) is 21.4 Å². The van der Waals surface area contributed by atoms with Crippen molar-refractivity contribution in [2.75, 3.05) is 17.1 Å². The van der Waals surface area contributed by atoms with E-state index in [1.165, 1.54) is 0 Å². The lowest BCUT2D eigenvalue weighted by Gasteiger charge is -2.10. The first-order valence-corrected chi connectivity index (χ1v) is 11.5. The number of fused-ring (bicyclic) bond motifs is 1. The Kier molecular flexibility index (Phi) is 6.09. The van der Waals surface area contributed by atoms with Crippen LogP contribution in [0.3, 0.4) is 0 Å². The number of carbonyl (C=O) groups is 1. The van der Waals surface area contributed by atoms with Crippen LogP contribution in [0.15, 0.2) is 95.9 Å². The minimum absolute atomic E-state index is 0.162. The molecule has 0 aliphatic heterocycles. The van der Waals surface area contributed by atoms with Gasteiger partial charge in [0.1, 0.15) is 5.75 Å². The number of anilines is 2. The summed E-state index contributed by atoms with van der Waals surface area (Å²) in [4.78, 5) is 12.5. The molecule has 7 heteroatoms. The molecule has 0 aliphatic rings. The second kappa shape index (κ2) is 9.11. The monoisotopic (exact) mass is 446 g/mol. The average Bonchev–Trinajstić information content (AvgIpc) is 2.80. The van der Waals surface area contributed by atoms with E-state index in [1.807, 2.05) is 24.3 Å². The molecule has 2 N–H and O–H groups in total. The average molecular weight is 447 g/mol. The van der Waals surface area contributed by atoms with Crippen molar-refractivity contribution in [3.8, 4) is 5.75 Å². The van der Waals surface area contributed by atoms with Crippen LogP contribution in [0.25, 0.3) is 10.8 Å². The van der Waals surface area contributed by atoms with Gasteiger partial charge in [-0.15, -0.1) is 0 Å². The molecule has 4 aromatic rings. The molecule has 0 fully saturated rings. The fourth-order valence-corrected chi connectivity index (χ4v) is 4.42. The molecule has 6 nitrogen and oxygen atoms in total. The smallest absolute Gasteiger partial charge is 0.261 e. The lowest BCUT2D eigenvalue weighted by Crippen LogP contribution is -2.15. The number of hydrogen-bond donors (Lipinski definition) is 2. The van der Waals surface area contributed by atoms with E-state index in [9.17, 15) is 13.2 Å². The minimum atomic E-state index is -3.73. The van der Waals surface area contributed by atoms with Gasteiger partial charge in [-0.2, -0.15) is 0 Å². The van der Waals surface area contributed by atoms with Crippen molar-refractivity contribution in [1.29, 1.82) is 0 Å². The first kappa shape index (κ1) is 21.4. The molecule has 1 amide bonds. The molecule has 162 valence electrons. The molecule has 0 saturated carbocycles. The summed E-state index contributed by atoms with van der Waals surface area (Å²) in [6, 6.07) is 26.5. The maximum Gasteiger partial charge on any atom is 0.261 e. The van der Waals surface area contributed by atoms with E-state index < -0.39 is 10.0 Å². The van der Waals surface area contributed by atoms with Gasteiger partial charge in [-0.3, -0.25) is 9.52 Å². The largest absolute Gasteiger partial charge is 0.497 e. The molecule has 0 bridgehead atoms.